The number of fused-ring (bicyclic) bond motifs is 1. The Morgan fingerprint density at radius 3 is 2.28 bits per heavy atom. The Labute approximate surface area is 186 Å². The van der Waals surface area contributed by atoms with Crippen molar-refractivity contribution in [3.8, 4) is 0 Å². The van der Waals surface area contributed by atoms with Crippen LogP contribution in [-0.2, 0) is 9.59 Å². The van der Waals surface area contributed by atoms with Crippen LogP contribution in [0.5, 0.6) is 0 Å². The minimum Gasteiger partial charge on any atom is -0.507 e. The standard InChI is InChI=1S/C28H21NO3/c1-18-9-7-12-20(17-18)25-24(27(31)28(32)29(25)21-13-3-2-4-14-21)26(30)23-16-8-11-19-10-5-6-15-22(19)23/h2-17,25,30H,1H3/b26-24-. The van der Waals surface area contributed by atoms with Crippen LogP contribution in [0.4, 0.5) is 5.69 Å². The molecule has 4 aromatic rings. The zero-order chi connectivity index (χ0) is 22.2. The summed E-state index contributed by atoms with van der Waals surface area (Å²) in [5.41, 5.74) is 3.02. The third-order valence-electron chi connectivity index (χ3n) is 5.88. The summed E-state index contributed by atoms with van der Waals surface area (Å²) >= 11 is 0. The number of anilines is 1. The molecule has 1 saturated heterocycles. The lowest BCUT2D eigenvalue weighted by Crippen LogP contribution is -2.29. The van der Waals surface area contributed by atoms with Crippen LogP contribution in [0.15, 0.2) is 103 Å². The van der Waals surface area contributed by atoms with Crippen molar-refractivity contribution in [3.63, 3.8) is 0 Å². The van der Waals surface area contributed by atoms with Crippen molar-refractivity contribution in [1.29, 1.82) is 0 Å². The van der Waals surface area contributed by atoms with Crippen molar-refractivity contribution in [2.45, 2.75) is 13.0 Å². The van der Waals surface area contributed by atoms with Crippen LogP contribution < -0.4 is 4.90 Å². The second kappa shape index (κ2) is 7.82. The van der Waals surface area contributed by atoms with E-state index in [1.54, 1.807) is 18.2 Å². The average molecular weight is 419 g/mol. The first-order valence-electron chi connectivity index (χ1n) is 10.5. The molecule has 1 aliphatic rings. The zero-order valence-corrected chi connectivity index (χ0v) is 17.5. The lowest BCUT2D eigenvalue weighted by atomic mass is 9.92. The quantitative estimate of drug-likeness (QED) is 0.260. The number of Topliss-reactive ketones (excluding diaryl/α,β-unsaturated/α-hetero) is 1. The van der Waals surface area contributed by atoms with Crippen LogP contribution in [0.3, 0.4) is 0 Å². The van der Waals surface area contributed by atoms with Crippen molar-refractivity contribution < 1.29 is 14.7 Å². The van der Waals surface area contributed by atoms with Gasteiger partial charge in [-0.15, -0.1) is 0 Å². The molecule has 1 N–H and O–H groups in total. The number of benzene rings is 4. The number of aryl methyl sites for hydroxylation is 1. The lowest BCUT2D eigenvalue weighted by Gasteiger charge is -2.25. The van der Waals surface area contributed by atoms with Gasteiger partial charge in [0.2, 0.25) is 0 Å². The van der Waals surface area contributed by atoms with E-state index in [0.717, 1.165) is 21.9 Å². The minimum atomic E-state index is -0.726. The van der Waals surface area contributed by atoms with Gasteiger partial charge < -0.3 is 5.11 Å². The number of para-hydroxylation sites is 1. The fraction of sp³-hybridized carbons (Fsp3) is 0.0714. The van der Waals surface area contributed by atoms with E-state index in [1.807, 2.05) is 85.8 Å². The molecule has 4 aromatic carbocycles. The number of nitrogens with zero attached hydrogens (tertiary/aromatic N) is 1. The Bertz CT molecular complexity index is 1380. The lowest BCUT2D eigenvalue weighted by molar-refractivity contribution is -0.132. The minimum absolute atomic E-state index is 0.0980. The summed E-state index contributed by atoms with van der Waals surface area (Å²) in [6, 6.07) is 29.3. The van der Waals surface area contributed by atoms with E-state index in [-0.39, 0.29) is 11.3 Å². The largest absolute Gasteiger partial charge is 0.507 e. The van der Waals surface area contributed by atoms with E-state index in [2.05, 4.69) is 0 Å². The Kier molecular flexibility index (Phi) is 4.83. The number of carbonyl (C=O) groups is 2. The van der Waals surface area contributed by atoms with Gasteiger partial charge in [-0.2, -0.15) is 0 Å². The third-order valence-corrected chi connectivity index (χ3v) is 5.88. The molecule has 156 valence electrons. The smallest absolute Gasteiger partial charge is 0.300 e. The molecule has 1 amide bonds. The molecule has 4 heteroatoms. The van der Waals surface area contributed by atoms with E-state index >= 15 is 0 Å². The summed E-state index contributed by atoms with van der Waals surface area (Å²) in [7, 11) is 0. The highest BCUT2D eigenvalue weighted by molar-refractivity contribution is 6.51. The van der Waals surface area contributed by atoms with E-state index < -0.39 is 17.7 Å². The zero-order valence-electron chi connectivity index (χ0n) is 17.5. The van der Waals surface area contributed by atoms with Crippen molar-refractivity contribution in [2.24, 2.45) is 0 Å². The van der Waals surface area contributed by atoms with E-state index in [9.17, 15) is 14.7 Å². The van der Waals surface area contributed by atoms with Crippen LogP contribution >= 0.6 is 0 Å². The first-order chi connectivity index (χ1) is 15.6. The van der Waals surface area contributed by atoms with Gasteiger partial charge in [-0.1, -0.05) is 90.5 Å². The van der Waals surface area contributed by atoms with Gasteiger partial charge in [0.25, 0.3) is 11.7 Å². The van der Waals surface area contributed by atoms with E-state index in [0.29, 0.717) is 11.3 Å². The normalized spacial score (nSPS) is 17.8. The third kappa shape index (κ3) is 3.17. The SMILES string of the molecule is Cc1cccc(C2/C(=C(/O)c3cccc4ccccc34)C(=O)C(=O)N2c2ccccc2)c1. The monoisotopic (exact) mass is 419 g/mol. The summed E-state index contributed by atoms with van der Waals surface area (Å²) in [4.78, 5) is 28.0. The molecule has 1 fully saturated rings. The topological polar surface area (TPSA) is 57.6 Å². The molecule has 32 heavy (non-hydrogen) atoms. The van der Waals surface area contributed by atoms with Crippen LogP contribution in [0.2, 0.25) is 0 Å². The van der Waals surface area contributed by atoms with E-state index in [4.69, 9.17) is 0 Å². The van der Waals surface area contributed by atoms with Gasteiger partial charge in [0, 0.05) is 11.3 Å². The van der Waals surface area contributed by atoms with Crippen LogP contribution in [0, 0.1) is 6.92 Å². The predicted molar refractivity (Wildman–Crippen MR) is 126 cm³/mol. The van der Waals surface area contributed by atoms with Crippen LogP contribution in [0.1, 0.15) is 22.7 Å². The fourth-order valence-corrected chi connectivity index (χ4v) is 4.42. The van der Waals surface area contributed by atoms with Crippen LogP contribution in [0.25, 0.3) is 16.5 Å². The molecule has 1 atom stereocenters. The maximum absolute atomic E-state index is 13.3. The molecular weight excluding hydrogens is 398 g/mol. The van der Waals surface area contributed by atoms with Gasteiger partial charge in [-0.05, 0) is 35.4 Å². The van der Waals surface area contributed by atoms with Gasteiger partial charge in [0.1, 0.15) is 5.76 Å². The molecule has 0 saturated carbocycles. The van der Waals surface area contributed by atoms with Gasteiger partial charge in [0.05, 0.1) is 11.6 Å². The molecule has 0 spiro atoms. The van der Waals surface area contributed by atoms with Crippen molar-refractivity contribution >= 4 is 33.9 Å². The molecule has 4 nitrogen and oxygen atoms in total. The molecule has 0 bridgehead atoms. The number of ketones is 1. The van der Waals surface area contributed by atoms with Gasteiger partial charge in [0.15, 0.2) is 0 Å². The van der Waals surface area contributed by atoms with E-state index in [1.165, 1.54) is 4.90 Å². The van der Waals surface area contributed by atoms with Gasteiger partial charge in [-0.25, -0.2) is 0 Å². The maximum Gasteiger partial charge on any atom is 0.300 e. The predicted octanol–water partition coefficient (Wildman–Crippen LogP) is 5.77. The number of carbonyl (C=O) groups excluding carboxylic acids is 2. The fourth-order valence-electron chi connectivity index (χ4n) is 4.42. The second-order valence-corrected chi connectivity index (χ2v) is 7.95. The Morgan fingerprint density at radius 1 is 0.812 bits per heavy atom. The summed E-state index contributed by atoms with van der Waals surface area (Å²) in [5.74, 6) is -1.50. The second-order valence-electron chi connectivity index (χ2n) is 7.95. The Morgan fingerprint density at radius 2 is 1.50 bits per heavy atom. The summed E-state index contributed by atoms with van der Waals surface area (Å²) in [5, 5.41) is 13.2. The van der Waals surface area contributed by atoms with Crippen LogP contribution in [-0.4, -0.2) is 16.8 Å². The van der Waals surface area contributed by atoms with Gasteiger partial charge in [-0.3, -0.25) is 14.5 Å². The first-order valence-corrected chi connectivity index (χ1v) is 10.5. The maximum atomic E-state index is 13.3. The van der Waals surface area contributed by atoms with Gasteiger partial charge >= 0.3 is 0 Å². The highest BCUT2D eigenvalue weighted by Gasteiger charge is 2.47. The molecule has 5 rings (SSSR count). The van der Waals surface area contributed by atoms with Crippen molar-refractivity contribution in [1.82, 2.24) is 0 Å². The number of amides is 1. The number of hydrogen-bond acceptors (Lipinski definition) is 3. The summed E-state index contributed by atoms with van der Waals surface area (Å²) in [6.07, 6.45) is 0. The molecular formula is C28H21NO3. The Balaban J connectivity index is 1.79. The summed E-state index contributed by atoms with van der Waals surface area (Å²) < 4.78 is 0. The molecule has 0 aromatic heterocycles. The van der Waals surface area contributed by atoms with Crippen molar-refractivity contribution in [2.75, 3.05) is 4.90 Å². The molecule has 0 aliphatic carbocycles. The Hall–Kier alpha value is -4.18. The number of hydrogen-bond donors (Lipinski definition) is 1. The molecule has 1 unspecified atom stereocenters. The highest BCUT2D eigenvalue weighted by atomic mass is 16.3. The first kappa shape index (κ1) is 19.8. The molecule has 1 heterocycles. The highest BCUT2D eigenvalue weighted by Crippen LogP contribution is 2.43. The number of aliphatic hydroxyl groups excluding tert-OH is 1. The molecule has 1 aliphatic heterocycles. The van der Waals surface area contributed by atoms with Crippen molar-refractivity contribution in [3.05, 3.63) is 119 Å². The number of rotatable bonds is 3. The average Bonchev–Trinajstić information content (AvgIpc) is 3.09. The summed E-state index contributed by atoms with van der Waals surface area (Å²) in [6.45, 7) is 1.96. The number of aliphatic hydroxyl groups is 1. The molecule has 0 radical (unpaired) electrons.